The molecule has 4 rings (SSSR count). The number of aromatic nitrogens is 3. The fraction of sp³-hybridized carbons (Fsp3) is 0.464. The summed E-state index contributed by atoms with van der Waals surface area (Å²) in [6, 6.07) is 10.9. The molecule has 9 nitrogen and oxygen atoms in total. The molecule has 0 bridgehead atoms. The van der Waals surface area contributed by atoms with Crippen molar-refractivity contribution in [1.82, 2.24) is 25.2 Å². The van der Waals surface area contributed by atoms with E-state index < -0.39 is 17.7 Å². The van der Waals surface area contributed by atoms with Crippen LogP contribution in [0, 0.1) is 13.8 Å². The topological polar surface area (TPSA) is 109 Å². The van der Waals surface area contributed by atoms with Crippen LogP contribution in [-0.4, -0.2) is 56.6 Å². The molecule has 202 valence electrons. The van der Waals surface area contributed by atoms with E-state index >= 15 is 0 Å². The molecule has 1 aliphatic rings. The normalized spacial score (nSPS) is 15.1. The van der Waals surface area contributed by atoms with Crippen LogP contribution in [-0.2, 0) is 16.0 Å². The fourth-order valence-electron chi connectivity index (χ4n) is 4.44. The zero-order valence-corrected chi connectivity index (χ0v) is 23.5. The molecule has 10 heteroatoms. The number of aryl methyl sites for hydroxylation is 2. The maximum atomic E-state index is 13.6. The summed E-state index contributed by atoms with van der Waals surface area (Å²) in [5, 5.41) is 6.90. The number of alkyl carbamates (subject to hydrolysis) is 1. The van der Waals surface area contributed by atoms with Gasteiger partial charge in [-0.15, -0.1) is 11.3 Å². The Kier molecular flexibility index (Phi) is 8.61. The number of amides is 2. The summed E-state index contributed by atoms with van der Waals surface area (Å²) in [6.45, 7) is 10.5. The van der Waals surface area contributed by atoms with Crippen LogP contribution in [0.5, 0.6) is 0 Å². The largest absolute Gasteiger partial charge is 0.444 e. The third kappa shape index (κ3) is 7.74. The molecular weight excluding hydrogens is 500 g/mol. The van der Waals surface area contributed by atoms with Crippen molar-refractivity contribution in [2.45, 2.75) is 71.4 Å². The van der Waals surface area contributed by atoms with Crippen molar-refractivity contribution in [3.63, 3.8) is 0 Å². The first-order valence-electron chi connectivity index (χ1n) is 12.9. The SMILES string of the molecule is Cc1cc(Nc2ncc(C)s2)nc(C2CCN(C(=O)[C@H](Cc3ccccc3)NC(=O)OC(C)(C)C)CC2)n1. The smallest absolute Gasteiger partial charge is 0.408 e. The molecule has 1 atom stereocenters. The number of thiazole rings is 1. The van der Waals surface area contributed by atoms with Crippen molar-refractivity contribution in [3.05, 3.63) is 64.6 Å². The molecule has 0 aliphatic carbocycles. The molecule has 1 fully saturated rings. The van der Waals surface area contributed by atoms with Crippen LogP contribution < -0.4 is 10.6 Å². The summed E-state index contributed by atoms with van der Waals surface area (Å²) in [7, 11) is 0. The number of carbonyl (C=O) groups excluding carboxylic acids is 2. The Balaban J connectivity index is 1.42. The number of benzene rings is 1. The zero-order chi connectivity index (χ0) is 27.3. The van der Waals surface area contributed by atoms with Gasteiger partial charge in [0.1, 0.15) is 23.3 Å². The second kappa shape index (κ2) is 11.9. The van der Waals surface area contributed by atoms with Gasteiger partial charge in [-0.05, 0) is 53.0 Å². The molecular formula is C28H36N6O3S. The number of ether oxygens (including phenoxy) is 1. The molecule has 3 heterocycles. The number of nitrogens with zero attached hydrogens (tertiary/aromatic N) is 4. The monoisotopic (exact) mass is 536 g/mol. The first kappa shape index (κ1) is 27.5. The van der Waals surface area contributed by atoms with Crippen LogP contribution in [0.15, 0.2) is 42.6 Å². The van der Waals surface area contributed by atoms with Crippen LogP contribution in [0.25, 0.3) is 0 Å². The first-order valence-corrected chi connectivity index (χ1v) is 13.7. The van der Waals surface area contributed by atoms with Crippen molar-refractivity contribution in [2.75, 3.05) is 18.4 Å². The van der Waals surface area contributed by atoms with Gasteiger partial charge < -0.3 is 20.3 Å². The van der Waals surface area contributed by atoms with Gasteiger partial charge in [-0.3, -0.25) is 4.79 Å². The molecule has 3 aromatic rings. The Morgan fingerprint density at radius 1 is 1.13 bits per heavy atom. The van der Waals surface area contributed by atoms with Gasteiger partial charge >= 0.3 is 6.09 Å². The molecule has 2 amide bonds. The molecule has 38 heavy (non-hydrogen) atoms. The Morgan fingerprint density at radius 3 is 2.47 bits per heavy atom. The average Bonchev–Trinajstić information content (AvgIpc) is 3.26. The third-order valence-corrected chi connectivity index (χ3v) is 7.00. The second-order valence-electron chi connectivity index (χ2n) is 10.6. The molecule has 2 aromatic heterocycles. The van der Waals surface area contributed by atoms with Gasteiger partial charge in [0.2, 0.25) is 5.91 Å². The van der Waals surface area contributed by atoms with Crippen molar-refractivity contribution in [1.29, 1.82) is 0 Å². The summed E-state index contributed by atoms with van der Waals surface area (Å²) < 4.78 is 5.44. The maximum absolute atomic E-state index is 13.6. The van der Waals surface area contributed by atoms with E-state index in [0.717, 1.165) is 45.7 Å². The highest BCUT2D eigenvalue weighted by atomic mass is 32.1. The Bertz CT molecular complexity index is 1250. The molecule has 1 saturated heterocycles. The molecule has 1 aromatic carbocycles. The minimum Gasteiger partial charge on any atom is -0.444 e. The number of hydrogen-bond acceptors (Lipinski definition) is 8. The van der Waals surface area contributed by atoms with Gasteiger partial charge in [0.15, 0.2) is 5.13 Å². The summed E-state index contributed by atoms with van der Waals surface area (Å²) in [5.41, 5.74) is 1.21. The first-order chi connectivity index (χ1) is 18.1. The molecule has 0 radical (unpaired) electrons. The number of likely N-dealkylation sites (tertiary alicyclic amines) is 1. The summed E-state index contributed by atoms with van der Waals surface area (Å²) >= 11 is 1.58. The molecule has 0 unspecified atom stereocenters. The molecule has 0 spiro atoms. The van der Waals surface area contributed by atoms with E-state index in [2.05, 4.69) is 15.6 Å². The minimum absolute atomic E-state index is 0.107. The molecule has 2 N–H and O–H groups in total. The van der Waals surface area contributed by atoms with Gasteiger partial charge in [0, 0.05) is 48.3 Å². The average molecular weight is 537 g/mol. The summed E-state index contributed by atoms with van der Waals surface area (Å²) in [6.07, 6.45) is 3.12. The number of rotatable bonds is 7. The minimum atomic E-state index is -0.712. The Morgan fingerprint density at radius 2 is 1.84 bits per heavy atom. The van der Waals surface area contributed by atoms with E-state index in [1.54, 1.807) is 32.1 Å². The highest BCUT2D eigenvalue weighted by Crippen LogP contribution is 2.28. The number of piperidine rings is 1. The van der Waals surface area contributed by atoms with Crippen LogP contribution in [0.3, 0.4) is 0 Å². The number of nitrogens with one attached hydrogen (secondary N) is 2. The van der Waals surface area contributed by atoms with Gasteiger partial charge in [-0.2, -0.15) is 0 Å². The van der Waals surface area contributed by atoms with Crippen molar-refractivity contribution in [3.8, 4) is 0 Å². The van der Waals surface area contributed by atoms with Crippen LogP contribution in [0.4, 0.5) is 15.7 Å². The summed E-state index contributed by atoms with van der Waals surface area (Å²) in [5.74, 6) is 1.54. The van der Waals surface area contributed by atoms with Gasteiger partial charge in [0.05, 0.1) is 0 Å². The van der Waals surface area contributed by atoms with E-state index in [1.165, 1.54) is 0 Å². The predicted molar refractivity (Wildman–Crippen MR) is 149 cm³/mol. The summed E-state index contributed by atoms with van der Waals surface area (Å²) in [4.78, 5) is 42.9. The third-order valence-electron chi connectivity index (χ3n) is 6.17. The Labute approximate surface area is 228 Å². The van der Waals surface area contributed by atoms with E-state index in [4.69, 9.17) is 14.7 Å². The number of carbonyl (C=O) groups is 2. The predicted octanol–water partition coefficient (Wildman–Crippen LogP) is 5.14. The van der Waals surface area contributed by atoms with Gasteiger partial charge in [-0.1, -0.05) is 30.3 Å². The molecule has 0 saturated carbocycles. The van der Waals surface area contributed by atoms with E-state index in [0.29, 0.717) is 19.5 Å². The Hall–Kier alpha value is -3.53. The maximum Gasteiger partial charge on any atom is 0.408 e. The van der Waals surface area contributed by atoms with E-state index in [1.807, 2.05) is 61.3 Å². The highest BCUT2D eigenvalue weighted by molar-refractivity contribution is 7.15. The highest BCUT2D eigenvalue weighted by Gasteiger charge is 2.32. The standard InChI is InChI=1S/C28H36N6O3S/c1-18-15-23(33-26-29-17-19(2)38-26)32-24(30-18)21-11-13-34(14-12-21)25(35)22(16-20-9-7-6-8-10-20)31-27(36)37-28(3,4)5/h6-10,15,17,21-22H,11-14,16H2,1-5H3,(H,31,36)(H,29,30,32,33)/t22-/m0/s1. The lowest BCUT2D eigenvalue weighted by atomic mass is 9.94. The van der Waals surface area contributed by atoms with Crippen molar-refractivity contribution in [2.24, 2.45) is 0 Å². The zero-order valence-electron chi connectivity index (χ0n) is 22.7. The van der Waals surface area contributed by atoms with Crippen LogP contribution in [0.2, 0.25) is 0 Å². The van der Waals surface area contributed by atoms with Gasteiger partial charge in [0.25, 0.3) is 0 Å². The number of anilines is 2. The lowest BCUT2D eigenvalue weighted by Crippen LogP contribution is -2.52. The number of hydrogen-bond donors (Lipinski definition) is 2. The van der Waals surface area contributed by atoms with E-state index in [-0.39, 0.29) is 11.8 Å². The van der Waals surface area contributed by atoms with E-state index in [9.17, 15) is 9.59 Å². The second-order valence-corrected chi connectivity index (χ2v) is 11.9. The van der Waals surface area contributed by atoms with Crippen LogP contribution in [0.1, 0.15) is 61.5 Å². The lowest BCUT2D eigenvalue weighted by molar-refractivity contribution is -0.134. The quantitative estimate of drug-likeness (QED) is 0.431. The van der Waals surface area contributed by atoms with Crippen LogP contribution >= 0.6 is 11.3 Å². The lowest BCUT2D eigenvalue weighted by Gasteiger charge is -2.34. The van der Waals surface area contributed by atoms with Gasteiger partial charge in [-0.25, -0.2) is 19.7 Å². The van der Waals surface area contributed by atoms with Crippen molar-refractivity contribution < 1.29 is 14.3 Å². The fourth-order valence-corrected chi connectivity index (χ4v) is 5.11. The molecule has 1 aliphatic heterocycles. The van der Waals surface area contributed by atoms with Crippen molar-refractivity contribution >= 4 is 34.3 Å².